The van der Waals surface area contributed by atoms with Gasteiger partial charge in [0.1, 0.15) is 5.82 Å². The molecule has 0 aliphatic carbocycles. The van der Waals surface area contributed by atoms with Crippen LogP contribution in [-0.4, -0.2) is 77.0 Å². The van der Waals surface area contributed by atoms with E-state index in [9.17, 15) is 21.6 Å². The number of piperazine rings is 1. The van der Waals surface area contributed by atoms with Crippen molar-refractivity contribution in [3.05, 3.63) is 35.4 Å². The molecule has 2 aromatic heterocycles. The van der Waals surface area contributed by atoms with Crippen molar-refractivity contribution < 1.29 is 21.6 Å². The highest BCUT2D eigenvalue weighted by molar-refractivity contribution is 7.89. The lowest BCUT2D eigenvalue weighted by Gasteiger charge is -2.45. The highest BCUT2D eigenvalue weighted by Crippen LogP contribution is 2.35. The molecule has 0 N–H and O–H groups in total. The summed E-state index contributed by atoms with van der Waals surface area (Å²) in [5.41, 5.74) is -0.866. The first kappa shape index (κ1) is 24.2. The SMILES string of the molecule is CC1CN(C2CCN(S(=O)(=O)c3cn(C)cn3)CC2)CCN1c1ncc(C(F)(F)F)cc1Cl. The van der Waals surface area contributed by atoms with E-state index in [1.54, 1.807) is 11.6 Å². The Bertz CT molecular complexity index is 1100. The fourth-order valence-electron chi connectivity index (χ4n) is 4.53. The van der Waals surface area contributed by atoms with E-state index in [0.29, 0.717) is 51.4 Å². The predicted octanol–water partition coefficient (Wildman–Crippen LogP) is 2.85. The molecule has 0 radical (unpaired) electrons. The first-order valence-electron chi connectivity index (χ1n) is 10.7. The fourth-order valence-corrected chi connectivity index (χ4v) is 6.24. The summed E-state index contributed by atoms with van der Waals surface area (Å²) in [6.07, 6.45) is 0.716. The van der Waals surface area contributed by atoms with Gasteiger partial charge in [-0.1, -0.05) is 11.6 Å². The third-order valence-corrected chi connectivity index (χ3v) is 8.37. The molecule has 1 unspecified atom stereocenters. The summed E-state index contributed by atoms with van der Waals surface area (Å²) in [6.45, 7) is 4.79. The molecular formula is C20H26ClF3N6O2S. The minimum atomic E-state index is -4.49. The number of halogens is 4. The zero-order chi connectivity index (χ0) is 24.0. The monoisotopic (exact) mass is 506 g/mol. The van der Waals surface area contributed by atoms with E-state index in [1.807, 2.05) is 11.8 Å². The van der Waals surface area contributed by atoms with Crippen LogP contribution >= 0.6 is 11.6 Å². The van der Waals surface area contributed by atoms with Crippen molar-refractivity contribution in [3.8, 4) is 0 Å². The third-order valence-electron chi connectivity index (χ3n) is 6.31. The zero-order valence-electron chi connectivity index (χ0n) is 18.3. The Kier molecular flexibility index (Phi) is 6.64. The highest BCUT2D eigenvalue weighted by atomic mass is 35.5. The van der Waals surface area contributed by atoms with E-state index in [0.717, 1.165) is 12.3 Å². The Morgan fingerprint density at radius 3 is 2.36 bits per heavy atom. The first-order chi connectivity index (χ1) is 15.5. The summed E-state index contributed by atoms with van der Waals surface area (Å²) in [5.74, 6) is 0.355. The second-order valence-corrected chi connectivity index (χ2v) is 10.9. The average Bonchev–Trinajstić information content (AvgIpc) is 3.21. The second kappa shape index (κ2) is 9.05. The van der Waals surface area contributed by atoms with Crippen molar-refractivity contribution in [1.29, 1.82) is 0 Å². The smallest absolute Gasteiger partial charge is 0.350 e. The number of nitrogens with zero attached hydrogens (tertiary/aromatic N) is 6. The standard InChI is InChI=1S/C20H26ClF3N6O2S/c1-14-11-28(7-8-30(14)19-17(21)9-15(10-25-19)20(22,23)24)16-3-5-29(6-4-16)33(31,32)18-12-27(2)13-26-18/h9-10,12-14,16H,3-8,11H2,1-2H3. The van der Waals surface area contributed by atoms with Crippen LogP contribution in [0.2, 0.25) is 5.02 Å². The number of piperidine rings is 1. The van der Waals surface area contributed by atoms with E-state index < -0.39 is 21.8 Å². The van der Waals surface area contributed by atoms with Crippen molar-refractivity contribution >= 4 is 27.4 Å². The Morgan fingerprint density at radius 1 is 1.12 bits per heavy atom. The Balaban J connectivity index is 1.36. The summed E-state index contributed by atoms with van der Waals surface area (Å²) in [5, 5.41) is 0.0461. The molecule has 2 aliphatic rings. The lowest BCUT2D eigenvalue weighted by Crippen LogP contribution is -2.57. The molecule has 2 fully saturated rings. The molecule has 4 heterocycles. The number of hydrogen-bond acceptors (Lipinski definition) is 6. The lowest BCUT2D eigenvalue weighted by atomic mass is 10.0. The molecule has 182 valence electrons. The molecule has 0 saturated carbocycles. The fraction of sp³-hybridized carbons (Fsp3) is 0.600. The number of pyridine rings is 1. The van der Waals surface area contributed by atoms with Gasteiger partial charge in [0, 0.05) is 64.2 Å². The van der Waals surface area contributed by atoms with Crippen molar-refractivity contribution in [3.63, 3.8) is 0 Å². The number of rotatable bonds is 4. The Morgan fingerprint density at radius 2 is 1.82 bits per heavy atom. The first-order valence-corrected chi connectivity index (χ1v) is 12.5. The van der Waals surface area contributed by atoms with E-state index >= 15 is 0 Å². The number of anilines is 1. The predicted molar refractivity (Wildman–Crippen MR) is 118 cm³/mol. The quantitative estimate of drug-likeness (QED) is 0.635. The van der Waals surface area contributed by atoms with Gasteiger partial charge in [0.05, 0.1) is 16.9 Å². The summed E-state index contributed by atoms with van der Waals surface area (Å²) in [4.78, 5) is 12.2. The molecule has 8 nitrogen and oxygen atoms in total. The van der Waals surface area contributed by atoms with Gasteiger partial charge in [0.25, 0.3) is 10.0 Å². The molecular weight excluding hydrogens is 481 g/mol. The zero-order valence-corrected chi connectivity index (χ0v) is 19.9. The number of sulfonamides is 1. The van der Waals surface area contributed by atoms with Crippen LogP contribution in [0.4, 0.5) is 19.0 Å². The van der Waals surface area contributed by atoms with Crippen molar-refractivity contribution in [2.24, 2.45) is 7.05 Å². The molecule has 2 aromatic rings. The number of aromatic nitrogens is 3. The van der Waals surface area contributed by atoms with E-state index in [1.165, 1.54) is 16.8 Å². The van der Waals surface area contributed by atoms with Gasteiger partial charge in [-0.2, -0.15) is 17.5 Å². The van der Waals surface area contributed by atoms with Crippen LogP contribution in [0, 0.1) is 0 Å². The number of hydrogen-bond donors (Lipinski definition) is 0. The second-order valence-electron chi connectivity index (χ2n) is 8.58. The van der Waals surface area contributed by atoms with E-state index in [-0.39, 0.29) is 22.1 Å². The molecule has 1 atom stereocenters. The molecule has 13 heteroatoms. The van der Waals surface area contributed by atoms with Gasteiger partial charge in [-0.3, -0.25) is 4.90 Å². The van der Waals surface area contributed by atoms with E-state index in [4.69, 9.17) is 11.6 Å². The van der Waals surface area contributed by atoms with Gasteiger partial charge in [-0.15, -0.1) is 0 Å². The minimum Gasteiger partial charge on any atom is -0.350 e. The van der Waals surface area contributed by atoms with Crippen LogP contribution in [0.15, 0.2) is 29.8 Å². The largest absolute Gasteiger partial charge is 0.417 e. The highest BCUT2D eigenvalue weighted by Gasteiger charge is 2.36. The molecule has 4 rings (SSSR count). The average molecular weight is 507 g/mol. The molecule has 0 spiro atoms. The summed E-state index contributed by atoms with van der Waals surface area (Å²) >= 11 is 6.14. The Labute approximate surface area is 196 Å². The summed E-state index contributed by atoms with van der Waals surface area (Å²) in [7, 11) is -1.87. The third kappa shape index (κ3) is 4.98. The summed E-state index contributed by atoms with van der Waals surface area (Å²) < 4.78 is 67.4. The van der Waals surface area contributed by atoms with Crippen LogP contribution in [0.1, 0.15) is 25.3 Å². The van der Waals surface area contributed by atoms with Gasteiger partial charge in [0.15, 0.2) is 5.03 Å². The molecule has 0 bridgehead atoms. The maximum Gasteiger partial charge on any atom is 0.417 e. The van der Waals surface area contributed by atoms with Crippen LogP contribution in [0.3, 0.4) is 0 Å². The van der Waals surface area contributed by atoms with Crippen molar-refractivity contribution in [1.82, 2.24) is 23.7 Å². The number of alkyl halides is 3. The molecule has 2 aliphatic heterocycles. The molecule has 33 heavy (non-hydrogen) atoms. The maximum absolute atomic E-state index is 12.9. The topological polar surface area (TPSA) is 74.6 Å². The van der Waals surface area contributed by atoms with Gasteiger partial charge in [-0.05, 0) is 25.8 Å². The molecule has 2 saturated heterocycles. The maximum atomic E-state index is 12.9. The van der Waals surface area contributed by atoms with Crippen LogP contribution < -0.4 is 4.90 Å². The van der Waals surface area contributed by atoms with Crippen molar-refractivity contribution in [2.45, 2.75) is 43.1 Å². The minimum absolute atomic E-state index is 0.00392. The summed E-state index contributed by atoms with van der Waals surface area (Å²) in [6, 6.07) is 1.15. The van der Waals surface area contributed by atoms with Gasteiger partial charge in [-0.25, -0.2) is 18.4 Å². The normalized spacial score (nSPS) is 22.1. The van der Waals surface area contributed by atoms with Gasteiger partial charge in [0.2, 0.25) is 0 Å². The van der Waals surface area contributed by atoms with Gasteiger partial charge >= 0.3 is 6.18 Å². The molecule has 0 amide bonds. The number of imidazole rings is 1. The van der Waals surface area contributed by atoms with Crippen LogP contribution in [-0.2, 0) is 23.2 Å². The van der Waals surface area contributed by atoms with Crippen LogP contribution in [0.25, 0.3) is 0 Å². The van der Waals surface area contributed by atoms with Crippen LogP contribution in [0.5, 0.6) is 0 Å². The van der Waals surface area contributed by atoms with E-state index in [2.05, 4.69) is 14.9 Å². The van der Waals surface area contributed by atoms with Gasteiger partial charge < -0.3 is 9.47 Å². The molecule has 0 aromatic carbocycles. The number of aryl methyl sites for hydroxylation is 1. The van der Waals surface area contributed by atoms with Crippen molar-refractivity contribution in [2.75, 3.05) is 37.6 Å². The Hall–Kier alpha value is -1.89. The lowest BCUT2D eigenvalue weighted by molar-refractivity contribution is -0.137.